The quantitative estimate of drug-likeness (QED) is 0.652. The van der Waals surface area contributed by atoms with Gasteiger partial charge in [-0.25, -0.2) is 8.42 Å². The van der Waals surface area contributed by atoms with E-state index in [1.807, 2.05) is 0 Å². The summed E-state index contributed by atoms with van der Waals surface area (Å²) in [6.07, 6.45) is 0. The molecule has 1 aromatic rings. The standard InChI is InChI=1S/C13H18N2O6S/c1-7(2)11(13(17)18)15-22(19,20)8-4-5-10(21-3)9(6-8)12(14)16/h4-7,11,15H,1-3H3,(H2,14,16)(H,17,18)/t11-/m1/s1. The zero-order valence-corrected chi connectivity index (χ0v) is 13.2. The van der Waals surface area contributed by atoms with Gasteiger partial charge >= 0.3 is 5.97 Å². The number of aliphatic carboxylic acids is 1. The second-order valence-electron chi connectivity index (χ2n) is 4.91. The number of carboxylic acid groups (broad SMARTS) is 1. The fourth-order valence-corrected chi connectivity index (χ4v) is 3.12. The van der Waals surface area contributed by atoms with Crippen molar-refractivity contribution < 1.29 is 27.9 Å². The van der Waals surface area contributed by atoms with Gasteiger partial charge in [-0.2, -0.15) is 4.72 Å². The second-order valence-corrected chi connectivity index (χ2v) is 6.62. The third kappa shape index (κ3) is 3.95. The molecule has 1 amide bonds. The Morgan fingerprint density at radius 3 is 2.32 bits per heavy atom. The van der Waals surface area contributed by atoms with E-state index < -0.39 is 33.9 Å². The molecule has 0 aliphatic heterocycles. The zero-order chi connectivity index (χ0) is 17.1. The number of hydrogen-bond acceptors (Lipinski definition) is 5. The van der Waals surface area contributed by atoms with Gasteiger partial charge in [0.15, 0.2) is 0 Å². The van der Waals surface area contributed by atoms with E-state index in [9.17, 15) is 18.0 Å². The molecular weight excluding hydrogens is 312 g/mol. The lowest BCUT2D eigenvalue weighted by Gasteiger charge is -2.18. The first-order chi connectivity index (χ1) is 10.1. The van der Waals surface area contributed by atoms with Gasteiger partial charge in [0.05, 0.1) is 17.6 Å². The monoisotopic (exact) mass is 330 g/mol. The number of sulfonamides is 1. The molecule has 0 bridgehead atoms. The van der Waals surface area contributed by atoms with Crippen molar-refractivity contribution in [3.05, 3.63) is 23.8 Å². The van der Waals surface area contributed by atoms with E-state index >= 15 is 0 Å². The minimum Gasteiger partial charge on any atom is -0.496 e. The Morgan fingerprint density at radius 1 is 1.32 bits per heavy atom. The van der Waals surface area contributed by atoms with Gasteiger partial charge in [-0.3, -0.25) is 9.59 Å². The topological polar surface area (TPSA) is 136 Å². The van der Waals surface area contributed by atoms with E-state index in [1.54, 1.807) is 13.8 Å². The van der Waals surface area contributed by atoms with Crippen molar-refractivity contribution in [2.75, 3.05) is 7.11 Å². The van der Waals surface area contributed by atoms with Crippen LogP contribution in [0.5, 0.6) is 5.75 Å². The summed E-state index contributed by atoms with van der Waals surface area (Å²) in [4.78, 5) is 22.2. The number of carboxylic acids is 1. The minimum atomic E-state index is -4.12. The predicted octanol–water partition coefficient (Wildman–Crippen LogP) is 0.182. The Hall–Kier alpha value is -2.13. The maximum atomic E-state index is 12.3. The van der Waals surface area contributed by atoms with Crippen molar-refractivity contribution in [2.45, 2.75) is 24.8 Å². The Kier molecular flexibility index (Phi) is 5.50. The number of primary amides is 1. The normalized spacial score (nSPS) is 12.9. The number of rotatable bonds is 7. The van der Waals surface area contributed by atoms with Crippen molar-refractivity contribution in [2.24, 2.45) is 11.7 Å². The molecule has 1 atom stereocenters. The Bertz CT molecular complexity index is 684. The lowest BCUT2D eigenvalue weighted by atomic mass is 10.1. The first kappa shape index (κ1) is 17.9. The van der Waals surface area contributed by atoms with E-state index in [0.29, 0.717) is 0 Å². The summed E-state index contributed by atoms with van der Waals surface area (Å²) in [5.41, 5.74) is 5.06. The Morgan fingerprint density at radius 2 is 1.91 bits per heavy atom. The molecule has 0 aromatic heterocycles. The SMILES string of the molecule is COc1ccc(S(=O)(=O)N[C@@H](C(=O)O)C(C)C)cc1C(N)=O. The molecule has 0 unspecified atom stereocenters. The van der Waals surface area contributed by atoms with Crippen molar-refractivity contribution in [3.8, 4) is 5.75 Å². The smallest absolute Gasteiger partial charge is 0.322 e. The largest absolute Gasteiger partial charge is 0.496 e. The van der Waals surface area contributed by atoms with Crippen molar-refractivity contribution in [3.63, 3.8) is 0 Å². The van der Waals surface area contributed by atoms with Gasteiger partial charge in [-0.15, -0.1) is 0 Å². The van der Waals surface area contributed by atoms with Crippen LogP contribution in [-0.2, 0) is 14.8 Å². The lowest BCUT2D eigenvalue weighted by Crippen LogP contribution is -2.44. The molecule has 0 saturated carbocycles. The predicted molar refractivity (Wildman–Crippen MR) is 78.1 cm³/mol. The lowest BCUT2D eigenvalue weighted by molar-refractivity contribution is -0.140. The number of ether oxygens (including phenoxy) is 1. The summed E-state index contributed by atoms with van der Waals surface area (Å²) in [5, 5.41) is 9.06. The molecule has 4 N–H and O–H groups in total. The molecule has 8 nitrogen and oxygen atoms in total. The number of nitrogens with one attached hydrogen (secondary N) is 1. The number of carbonyl (C=O) groups excluding carboxylic acids is 1. The summed E-state index contributed by atoms with van der Waals surface area (Å²) in [5.74, 6) is -2.47. The molecule has 0 heterocycles. The van der Waals surface area contributed by atoms with Crippen molar-refractivity contribution >= 4 is 21.9 Å². The molecule has 0 aliphatic rings. The Labute approximate surface area is 128 Å². The van der Waals surface area contributed by atoms with Crippen LogP contribution in [0.3, 0.4) is 0 Å². The summed E-state index contributed by atoms with van der Waals surface area (Å²) in [7, 11) is -2.81. The number of amides is 1. The van der Waals surface area contributed by atoms with E-state index in [2.05, 4.69) is 4.72 Å². The highest BCUT2D eigenvalue weighted by molar-refractivity contribution is 7.89. The summed E-state index contributed by atoms with van der Waals surface area (Å²) in [6, 6.07) is 2.24. The first-order valence-corrected chi connectivity index (χ1v) is 7.81. The minimum absolute atomic E-state index is 0.109. The number of nitrogens with two attached hydrogens (primary N) is 1. The van der Waals surface area contributed by atoms with Crippen molar-refractivity contribution in [1.29, 1.82) is 0 Å². The molecule has 0 saturated heterocycles. The maximum absolute atomic E-state index is 12.3. The van der Waals surface area contributed by atoms with Crippen molar-refractivity contribution in [1.82, 2.24) is 4.72 Å². The molecule has 1 rings (SSSR count). The fraction of sp³-hybridized carbons (Fsp3) is 0.385. The van der Waals surface area contributed by atoms with E-state index in [1.165, 1.54) is 19.2 Å². The molecule has 0 fully saturated rings. The van der Waals surface area contributed by atoms with Crippen LogP contribution in [0.15, 0.2) is 23.1 Å². The van der Waals surface area contributed by atoms with Crippen LogP contribution in [0.4, 0.5) is 0 Å². The highest BCUT2D eigenvalue weighted by atomic mass is 32.2. The van der Waals surface area contributed by atoms with Gasteiger partial charge < -0.3 is 15.6 Å². The number of methoxy groups -OCH3 is 1. The second kappa shape index (κ2) is 6.75. The summed E-state index contributed by atoms with van der Waals surface area (Å²) < 4.78 is 31.5. The average molecular weight is 330 g/mol. The highest BCUT2D eigenvalue weighted by Crippen LogP contribution is 2.22. The van der Waals surface area contributed by atoms with E-state index in [4.69, 9.17) is 15.6 Å². The van der Waals surface area contributed by atoms with Gasteiger partial charge in [0.2, 0.25) is 10.0 Å². The average Bonchev–Trinajstić information content (AvgIpc) is 2.43. The van der Waals surface area contributed by atoms with Gasteiger partial charge in [-0.05, 0) is 24.1 Å². The van der Waals surface area contributed by atoms with Crippen LogP contribution in [-0.4, -0.2) is 38.6 Å². The number of benzene rings is 1. The first-order valence-electron chi connectivity index (χ1n) is 6.33. The highest BCUT2D eigenvalue weighted by Gasteiger charge is 2.28. The van der Waals surface area contributed by atoms with Gasteiger partial charge in [0.1, 0.15) is 11.8 Å². The summed E-state index contributed by atoms with van der Waals surface area (Å²) in [6.45, 7) is 3.15. The van der Waals surface area contributed by atoms with Gasteiger partial charge in [0, 0.05) is 0 Å². The van der Waals surface area contributed by atoms with Crippen LogP contribution in [0.2, 0.25) is 0 Å². The number of hydrogen-bond donors (Lipinski definition) is 3. The van der Waals surface area contributed by atoms with E-state index in [-0.39, 0.29) is 16.2 Å². The fourth-order valence-electron chi connectivity index (χ4n) is 1.75. The van der Waals surface area contributed by atoms with Gasteiger partial charge in [0.25, 0.3) is 5.91 Å². The van der Waals surface area contributed by atoms with Crippen LogP contribution in [0.25, 0.3) is 0 Å². The maximum Gasteiger partial charge on any atom is 0.322 e. The molecule has 22 heavy (non-hydrogen) atoms. The molecule has 1 aromatic carbocycles. The van der Waals surface area contributed by atoms with Crippen LogP contribution < -0.4 is 15.2 Å². The molecule has 0 spiro atoms. The molecule has 0 radical (unpaired) electrons. The van der Waals surface area contributed by atoms with Crippen LogP contribution >= 0.6 is 0 Å². The molecule has 9 heteroatoms. The molecule has 0 aliphatic carbocycles. The van der Waals surface area contributed by atoms with Crippen LogP contribution in [0.1, 0.15) is 24.2 Å². The summed E-state index contributed by atoms with van der Waals surface area (Å²) >= 11 is 0. The van der Waals surface area contributed by atoms with Crippen LogP contribution in [0, 0.1) is 5.92 Å². The molecule has 122 valence electrons. The number of carbonyl (C=O) groups is 2. The van der Waals surface area contributed by atoms with E-state index in [0.717, 1.165) is 6.07 Å². The Balaban J connectivity index is 3.26. The van der Waals surface area contributed by atoms with Gasteiger partial charge in [-0.1, -0.05) is 13.8 Å². The third-order valence-electron chi connectivity index (χ3n) is 2.96. The zero-order valence-electron chi connectivity index (χ0n) is 12.4. The molecular formula is C13H18N2O6S. The third-order valence-corrected chi connectivity index (χ3v) is 4.40.